The second kappa shape index (κ2) is 6.27. The fourth-order valence-corrected chi connectivity index (χ4v) is 2.50. The topological polar surface area (TPSA) is 43.8 Å². The number of benzene rings is 2. The third-order valence-corrected chi connectivity index (χ3v) is 3.59. The molecular formula is C18H19N3. The van der Waals surface area contributed by atoms with Crippen LogP contribution in [0.3, 0.4) is 0 Å². The molecule has 0 unspecified atom stereocenters. The van der Waals surface area contributed by atoms with Gasteiger partial charge >= 0.3 is 0 Å². The van der Waals surface area contributed by atoms with Gasteiger partial charge in [0.2, 0.25) is 0 Å². The van der Waals surface area contributed by atoms with E-state index in [4.69, 9.17) is 5.73 Å². The van der Waals surface area contributed by atoms with Gasteiger partial charge in [0.25, 0.3) is 0 Å². The van der Waals surface area contributed by atoms with Crippen LogP contribution in [0.25, 0.3) is 0 Å². The lowest BCUT2D eigenvalue weighted by Gasteiger charge is -2.09. The van der Waals surface area contributed by atoms with Crippen molar-refractivity contribution in [3.05, 3.63) is 83.9 Å². The molecule has 0 saturated heterocycles. The Morgan fingerprint density at radius 2 is 1.71 bits per heavy atom. The molecule has 0 amide bonds. The molecule has 3 heteroatoms. The molecule has 3 nitrogen and oxygen atoms in total. The smallest absolute Gasteiger partial charge is 0.109 e. The number of anilines is 1. The van der Waals surface area contributed by atoms with Crippen LogP contribution in [0, 0.1) is 0 Å². The molecule has 0 spiro atoms. The van der Waals surface area contributed by atoms with Gasteiger partial charge in [-0.05, 0) is 29.7 Å². The van der Waals surface area contributed by atoms with E-state index in [1.807, 2.05) is 36.7 Å². The second-order valence-corrected chi connectivity index (χ2v) is 5.20. The van der Waals surface area contributed by atoms with E-state index >= 15 is 0 Å². The predicted molar refractivity (Wildman–Crippen MR) is 86.0 cm³/mol. The van der Waals surface area contributed by atoms with Crippen LogP contribution in [0.1, 0.15) is 17.0 Å². The second-order valence-electron chi connectivity index (χ2n) is 5.20. The van der Waals surface area contributed by atoms with E-state index in [0.717, 1.165) is 30.9 Å². The number of nitrogens with zero attached hydrogens (tertiary/aromatic N) is 2. The van der Waals surface area contributed by atoms with E-state index in [0.29, 0.717) is 0 Å². The Labute approximate surface area is 125 Å². The number of aromatic nitrogens is 2. The average Bonchev–Trinajstić information content (AvgIpc) is 2.93. The third kappa shape index (κ3) is 3.51. The largest absolute Gasteiger partial charge is 0.399 e. The highest BCUT2D eigenvalue weighted by atomic mass is 15.1. The van der Waals surface area contributed by atoms with Crippen molar-refractivity contribution in [2.24, 2.45) is 0 Å². The lowest BCUT2D eigenvalue weighted by Crippen LogP contribution is -2.06. The Morgan fingerprint density at radius 1 is 0.905 bits per heavy atom. The van der Waals surface area contributed by atoms with E-state index in [1.54, 1.807) is 0 Å². The number of aryl methyl sites for hydroxylation is 2. The zero-order valence-corrected chi connectivity index (χ0v) is 11.9. The van der Waals surface area contributed by atoms with Gasteiger partial charge in [0.15, 0.2) is 0 Å². The molecule has 2 N–H and O–H groups in total. The molecule has 0 bridgehead atoms. The standard InChI is InChI=1S/C18H19N3/c19-17-8-4-7-16(13-17)14-21-12-11-20-18(21)10-9-15-5-2-1-3-6-15/h1-8,11-13H,9-10,14,19H2. The lowest BCUT2D eigenvalue weighted by atomic mass is 10.1. The van der Waals surface area contributed by atoms with Crippen LogP contribution in [-0.2, 0) is 19.4 Å². The summed E-state index contributed by atoms with van der Waals surface area (Å²) in [5, 5.41) is 0. The predicted octanol–water partition coefficient (Wildman–Crippen LogP) is 3.30. The number of nitrogen functional groups attached to an aromatic ring is 1. The maximum atomic E-state index is 5.84. The molecule has 1 aromatic heterocycles. The van der Waals surface area contributed by atoms with Crippen LogP contribution in [0.4, 0.5) is 5.69 Å². The molecule has 2 aromatic carbocycles. The van der Waals surface area contributed by atoms with Gasteiger partial charge in [-0.3, -0.25) is 0 Å². The van der Waals surface area contributed by atoms with E-state index < -0.39 is 0 Å². The van der Waals surface area contributed by atoms with Gasteiger partial charge in [-0.25, -0.2) is 4.98 Å². The Morgan fingerprint density at radius 3 is 2.52 bits per heavy atom. The van der Waals surface area contributed by atoms with Gasteiger partial charge in [0.1, 0.15) is 5.82 Å². The molecule has 0 aliphatic rings. The highest BCUT2D eigenvalue weighted by Gasteiger charge is 2.04. The van der Waals surface area contributed by atoms with Gasteiger partial charge < -0.3 is 10.3 Å². The van der Waals surface area contributed by atoms with Crippen molar-refractivity contribution >= 4 is 5.69 Å². The zero-order chi connectivity index (χ0) is 14.5. The van der Waals surface area contributed by atoms with E-state index in [1.165, 1.54) is 11.1 Å². The number of hydrogen-bond acceptors (Lipinski definition) is 2. The summed E-state index contributed by atoms with van der Waals surface area (Å²) in [7, 11) is 0. The monoisotopic (exact) mass is 277 g/mol. The lowest BCUT2D eigenvalue weighted by molar-refractivity contribution is 0.712. The average molecular weight is 277 g/mol. The van der Waals surface area contributed by atoms with Gasteiger partial charge in [-0.2, -0.15) is 0 Å². The first-order chi connectivity index (χ1) is 10.3. The molecular weight excluding hydrogens is 258 g/mol. The molecule has 0 atom stereocenters. The van der Waals surface area contributed by atoms with Crippen LogP contribution in [0.5, 0.6) is 0 Å². The SMILES string of the molecule is Nc1cccc(Cn2ccnc2CCc2ccccc2)c1. The van der Waals surface area contributed by atoms with Gasteiger partial charge in [-0.15, -0.1) is 0 Å². The summed E-state index contributed by atoms with van der Waals surface area (Å²) in [5.74, 6) is 1.11. The van der Waals surface area contributed by atoms with E-state index in [-0.39, 0.29) is 0 Å². The molecule has 3 rings (SSSR count). The van der Waals surface area contributed by atoms with Crippen LogP contribution in [-0.4, -0.2) is 9.55 Å². The van der Waals surface area contributed by atoms with Crippen molar-refractivity contribution in [1.29, 1.82) is 0 Å². The Hall–Kier alpha value is -2.55. The minimum Gasteiger partial charge on any atom is -0.399 e. The van der Waals surface area contributed by atoms with Gasteiger partial charge in [-0.1, -0.05) is 42.5 Å². The minimum atomic E-state index is 0.804. The highest BCUT2D eigenvalue weighted by Crippen LogP contribution is 2.11. The van der Waals surface area contributed by atoms with Crippen molar-refractivity contribution in [2.45, 2.75) is 19.4 Å². The maximum Gasteiger partial charge on any atom is 0.109 e. The van der Waals surface area contributed by atoms with Gasteiger partial charge in [0.05, 0.1) is 0 Å². The van der Waals surface area contributed by atoms with E-state index in [9.17, 15) is 0 Å². The molecule has 0 aliphatic heterocycles. The van der Waals surface area contributed by atoms with Crippen LogP contribution < -0.4 is 5.73 Å². The Kier molecular flexibility index (Phi) is 4.01. The van der Waals surface area contributed by atoms with Crippen LogP contribution >= 0.6 is 0 Å². The highest BCUT2D eigenvalue weighted by molar-refractivity contribution is 5.40. The summed E-state index contributed by atoms with van der Waals surface area (Å²) < 4.78 is 2.19. The van der Waals surface area contributed by atoms with Crippen molar-refractivity contribution < 1.29 is 0 Å². The Balaban J connectivity index is 1.69. The summed E-state index contributed by atoms with van der Waals surface area (Å²) in [6, 6.07) is 18.5. The van der Waals surface area contributed by atoms with Crippen molar-refractivity contribution in [2.75, 3.05) is 5.73 Å². The van der Waals surface area contributed by atoms with Crippen LogP contribution in [0.2, 0.25) is 0 Å². The quantitative estimate of drug-likeness (QED) is 0.727. The third-order valence-electron chi connectivity index (χ3n) is 3.59. The molecule has 1 heterocycles. The number of nitrogens with two attached hydrogens (primary N) is 1. The van der Waals surface area contributed by atoms with Crippen molar-refractivity contribution in [1.82, 2.24) is 9.55 Å². The zero-order valence-electron chi connectivity index (χ0n) is 11.9. The first-order valence-corrected chi connectivity index (χ1v) is 7.19. The Bertz CT molecular complexity index is 701. The first-order valence-electron chi connectivity index (χ1n) is 7.19. The molecule has 0 radical (unpaired) electrons. The normalized spacial score (nSPS) is 10.7. The number of hydrogen-bond donors (Lipinski definition) is 1. The minimum absolute atomic E-state index is 0.804. The fourth-order valence-electron chi connectivity index (χ4n) is 2.50. The van der Waals surface area contributed by atoms with Gasteiger partial charge in [0, 0.05) is 31.0 Å². The number of rotatable bonds is 5. The molecule has 21 heavy (non-hydrogen) atoms. The van der Waals surface area contributed by atoms with E-state index in [2.05, 4.69) is 39.9 Å². The summed E-state index contributed by atoms with van der Waals surface area (Å²) in [4.78, 5) is 4.48. The summed E-state index contributed by atoms with van der Waals surface area (Å²) in [6.07, 6.45) is 5.85. The molecule has 3 aromatic rings. The number of imidazole rings is 1. The first kappa shape index (κ1) is 13.4. The maximum absolute atomic E-state index is 5.84. The summed E-state index contributed by atoms with van der Waals surface area (Å²) >= 11 is 0. The van der Waals surface area contributed by atoms with Crippen molar-refractivity contribution in [3.63, 3.8) is 0 Å². The summed E-state index contributed by atoms with van der Waals surface area (Å²) in [5.41, 5.74) is 9.19. The molecule has 106 valence electrons. The summed E-state index contributed by atoms with van der Waals surface area (Å²) in [6.45, 7) is 0.815. The molecule has 0 fully saturated rings. The van der Waals surface area contributed by atoms with Crippen molar-refractivity contribution in [3.8, 4) is 0 Å². The fraction of sp³-hybridized carbons (Fsp3) is 0.167. The van der Waals surface area contributed by atoms with Crippen LogP contribution in [0.15, 0.2) is 67.0 Å². The molecule has 0 saturated carbocycles. The molecule has 0 aliphatic carbocycles.